The first-order valence-electron chi connectivity index (χ1n) is 7.19. The Bertz CT molecular complexity index is 435. The molecule has 0 radical (unpaired) electrons. The van der Waals surface area contributed by atoms with Crippen molar-refractivity contribution in [1.82, 2.24) is 10.2 Å². The lowest BCUT2D eigenvalue weighted by Crippen LogP contribution is -2.51. The zero-order valence-corrected chi connectivity index (χ0v) is 13.2. The smallest absolute Gasteiger partial charge is 0.305 e. The average Bonchev–Trinajstić information content (AvgIpc) is 2.88. The molecule has 4 unspecified atom stereocenters. The van der Waals surface area contributed by atoms with E-state index in [2.05, 4.69) is 31.1 Å². The molecule has 5 heteroatoms. The van der Waals surface area contributed by atoms with Gasteiger partial charge in [-0.3, -0.25) is 4.79 Å². The molecule has 1 aromatic heterocycles. The van der Waals surface area contributed by atoms with Crippen LogP contribution >= 0.6 is 11.3 Å². The summed E-state index contributed by atoms with van der Waals surface area (Å²) in [6, 6.07) is 4.85. The van der Waals surface area contributed by atoms with E-state index < -0.39 is 5.97 Å². The molecule has 112 valence electrons. The third-order valence-electron chi connectivity index (χ3n) is 4.29. The molecule has 0 spiro atoms. The first kappa shape index (κ1) is 15.5. The summed E-state index contributed by atoms with van der Waals surface area (Å²) in [5.41, 5.74) is 0. The van der Waals surface area contributed by atoms with Gasteiger partial charge in [-0.1, -0.05) is 13.0 Å². The molecule has 2 rings (SSSR count). The van der Waals surface area contributed by atoms with E-state index in [1.54, 1.807) is 11.3 Å². The third-order valence-corrected chi connectivity index (χ3v) is 5.28. The summed E-state index contributed by atoms with van der Waals surface area (Å²) in [7, 11) is 2.16. The van der Waals surface area contributed by atoms with E-state index >= 15 is 0 Å². The van der Waals surface area contributed by atoms with Gasteiger partial charge in [-0.05, 0) is 37.8 Å². The second-order valence-corrected chi connectivity index (χ2v) is 6.92. The van der Waals surface area contributed by atoms with Crippen LogP contribution in [0.1, 0.15) is 37.6 Å². The largest absolute Gasteiger partial charge is 0.481 e. The zero-order valence-electron chi connectivity index (χ0n) is 12.4. The molecule has 4 atom stereocenters. The summed E-state index contributed by atoms with van der Waals surface area (Å²) in [5.74, 6) is -0.211. The van der Waals surface area contributed by atoms with Crippen molar-refractivity contribution >= 4 is 17.3 Å². The summed E-state index contributed by atoms with van der Waals surface area (Å²) in [6.07, 6.45) is 1.22. The van der Waals surface area contributed by atoms with Crippen LogP contribution in [0.4, 0.5) is 0 Å². The first-order chi connectivity index (χ1) is 9.47. The highest BCUT2D eigenvalue weighted by molar-refractivity contribution is 7.10. The van der Waals surface area contributed by atoms with E-state index in [-0.39, 0.29) is 12.5 Å². The number of piperidine rings is 1. The van der Waals surface area contributed by atoms with Crippen molar-refractivity contribution in [2.45, 2.75) is 44.8 Å². The van der Waals surface area contributed by atoms with Crippen LogP contribution in [0.15, 0.2) is 17.5 Å². The van der Waals surface area contributed by atoms with Crippen molar-refractivity contribution in [3.8, 4) is 0 Å². The summed E-state index contributed by atoms with van der Waals surface area (Å²) in [4.78, 5) is 14.6. The van der Waals surface area contributed by atoms with E-state index in [1.165, 1.54) is 0 Å². The SMILES string of the molecule is CC1CN(C)C(C)CC1NC(CC(=O)O)c1cccs1. The number of likely N-dealkylation sites (tertiary alicyclic amines) is 1. The number of hydrogen-bond donors (Lipinski definition) is 2. The van der Waals surface area contributed by atoms with Gasteiger partial charge in [0.1, 0.15) is 0 Å². The van der Waals surface area contributed by atoms with Crippen LogP contribution in [0.3, 0.4) is 0 Å². The average molecular weight is 296 g/mol. The van der Waals surface area contributed by atoms with E-state index in [0.717, 1.165) is 17.8 Å². The van der Waals surface area contributed by atoms with Crippen molar-refractivity contribution in [2.75, 3.05) is 13.6 Å². The third kappa shape index (κ3) is 3.81. The van der Waals surface area contributed by atoms with Crippen molar-refractivity contribution in [1.29, 1.82) is 0 Å². The zero-order chi connectivity index (χ0) is 14.7. The second kappa shape index (κ2) is 6.70. The molecule has 20 heavy (non-hydrogen) atoms. The predicted molar refractivity (Wildman–Crippen MR) is 82.1 cm³/mol. The van der Waals surface area contributed by atoms with E-state index in [9.17, 15) is 4.79 Å². The van der Waals surface area contributed by atoms with Crippen molar-refractivity contribution in [3.63, 3.8) is 0 Å². The lowest BCUT2D eigenvalue weighted by molar-refractivity contribution is -0.137. The minimum atomic E-state index is -0.746. The van der Waals surface area contributed by atoms with Crippen LogP contribution in [0, 0.1) is 5.92 Å². The van der Waals surface area contributed by atoms with Crippen LogP contribution in [-0.2, 0) is 4.79 Å². The van der Waals surface area contributed by atoms with Crippen LogP contribution < -0.4 is 5.32 Å². The molecule has 2 N–H and O–H groups in total. The van der Waals surface area contributed by atoms with Gasteiger partial charge >= 0.3 is 5.97 Å². The van der Waals surface area contributed by atoms with Crippen molar-refractivity contribution < 1.29 is 9.90 Å². The summed E-state index contributed by atoms with van der Waals surface area (Å²) < 4.78 is 0. The maximum atomic E-state index is 11.1. The standard InChI is InChI=1S/C15H24N2O2S/c1-10-9-17(3)11(2)7-12(10)16-13(8-15(18)19)14-5-4-6-20-14/h4-6,10-13,16H,7-9H2,1-3H3,(H,18,19). The van der Waals surface area contributed by atoms with Gasteiger partial charge in [0.25, 0.3) is 0 Å². The highest BCUT2D eigenvalue weighted by atomic mass is 32.1. The lowest BCUT2D eigenvalue weighted by atomic mass is 9.89. The summed E-state index contributed by atoms with van der Waals surface area (Å²) in [6.45, 7) is 5.53. The molecule has 1 fully saturated rings. The fourth-order valence-corrected chi connectivity index (χ4v) is 3.72. The van der Waals surface area contributed by atoms with Gasteiger partial charge in [-0.25, -0.2) is 0 Å². The van der Waals surface area contributed by atoms with Crippen LogP contribution in [0.2, 0.25) is 0 Å². The molecule has 1 aliphatic heterocycles. The Hall–Kier alpha value is -0.910. The van der Waals surface area contributed by atoms with E-state index in [1.807, 2.05) is 17.5 Å². The van der Waals surface area contributed by atoms with E-state index in [4.69, 9.17) is 5.11 Å². The fourth-order valence-electron chi connectivity index (χ4n) is 2.94. The normalized spacial score (nSPS) is 29.2. The molecule has 1 saturated heterocycles. The van der Waals surface area contributed by atoms with Crippen LogP contribution in [0.5, 0.6) is 0 Å². The maximum absolute atomic E-state index is 11.1. The van der Waals surface area contributed by atoms with Gasteiger partial charge in [-0.2, -0.15) is 0 Å². The number of hydrogen-bond acceptors (Lipinski definition) is 4. The molecular formula is C15H24N2O2S. The quantitative estimate of drug-likeness (QED) is 0.877. The fraction of sp³-hybridized carbons (Fsp3) is 0.667. The summed E-state index contributed by atoms with van der Waals surface area (Å²) in [5, 5.41) is 14.7. The highest BCUT2D eigenvalue weighted by Crippen LogP contribution is 2.27. The van der Waals surface area contributed by atoms with Gasteiger partial charge in [-0.15, -0.1) is 11.3 Å². The van der Waals surface area contributed by atoms with Crippen molar-refractivity contribution in [2.24, 2.45) is 5.92 Å². The number of carbonyl (C=O) groups is 1. The Morgan fingerprint density at radius 1 is 1.60 bits per heavy atom. The van der Waals surface area contributed by atoms with E-state index in [0.29, 0.717) is 18.0 Å². The van der Waals surface area contributed by atoms with Gasteiger partial charge in [0.15, 0.2) is 0 Å². The summed E-state index contributed by atoms with van der Waals surface area (Å²) >= 11 is 1.63. The molecule has 0 aliphatic carbocycles. The first-order valence-corrected chi connectivity index (χ1v) is 8.06. The topological polar surface area (TPSA) is 52.6 Å². The molecule has 1 aliphatic rings. The van der Waals surface area contributed by atoms with Crippen LogP contribution in [0.25, 0.3) is 0 Å². The highest BCUT2D eigenvalue weighted by Gasteiger charge is 2.31. The number of rotatable bonds is 5. The number of carboxylic acid groups (broad SMARTS) is 1. The number of nitrogens with zero attached hydrogens (tertiary/aromatic N) is 1. The molecular weight excluding hydrogens is 272 g/mol. The molecule has 0 aromatic carbocycles. The number of thiophene rings is 1. The molecule has 0 amide bonds. The molecule has 4 nitrogen and oxygen atoms in total. The Morgan fingerprint density at radius 2 is 2.35 bits per heavy atom. The minimum Gasteiger partial charge on any atom is -0.481 e. The Balaban J connectivity index is 2.05. The second-order valence-electron chi connectivity index (χ2n) is 5.94. The van der Waals surface area contributed by atoms with Gasteiger partial charge < -0.3 is 15.3 Å². The molecule has 1 aromatic rings. The number of nitrogens with one attached hydrogen (secondary N) is 1. The van der Waals surface area contributed by atoms with Gasteiger partial charge in [0.2, 0.25) is 0 Å². The minimum absolute atomic E-state index is 0.0736. The monoisotopic (exact) mass is 296 g/mol. The molecule has 0 saturated carbocycles. The van der Waals surface area contributed by atoms with Gasteiger partial charge in [0, 0.05) is 23.5 Å². The lowest BCUT2D eigenvalue weighted by Gasteiger charge is -2.41. The Labute approximate surface area is 124 Å². The Morgan fingerprint density at radius 3 is 2.95 bits per heavy atom. The molecule has 2 heterocycles. The predicted octanol–water partition coefficient (Wildman–Crippen LogP) is 2.58. The van der Waals surface area contributed by atoms with Crippen LogP contribution in [-0.4, -0.2) is 41.7 Å². The number of carboxylic acids is 1. The van der Waals surface area contributed by atoms with Gasteiger partial charge in [0.05, 0.1) is 12.5 Å². The maximum Gasteiger partial charge on any atom is 0.305 e. The Kier molecular flexibility index (Phi) is 5.18. The number of aliphatic carboxylic acids is 1. The molecule has 0 bridgehead atoms. The van der Waals surface area contributed by atoms with Crippen molar-refractivity contribution in [3.05, 3.63) is 22.4 Å².